The Balaban J connectivity index is 2.20. The third-order valence-corrected chi connectivity index (χ3v) is 3.55. The van der Waals surface area contributed by atoms with Crippen LogP contribution in [0.15, 0.2) is 30.4 Å². The minimum absolute atomic E-state index is 0.320. The summed E-state index contributed by atoms with van der Waals surface area (Å²) in [5.41, 5.74) is 5.68. The molecule has 2 rings (SSSR count). The summed E-state index contributed by atoms with van der Waals surface area (Å²) in [6, 6.07) is 7.28. The predicted octanol–water partition coefficient (Wildman–Crippen LogP) is 3.79. The zero-order chi connectivity index (χ0) is 12.3. The summed E-state index contributed by atoms with van der Waals surface area (Å²) in [6.07, 6.45) is 4.99. The van der Waals surface area contributed by atoms with Gasteiger partial charge in [0.2, 0.25) is 0 Å². The molecule has 0 fully saturated rings. The van der Waals surface area contributed by atoms with Crippen LogP contribution in [0.3, 0.4) is 0 Å². The predicted molar refractivity (Wildman–Crippen MR) is 74.3 cm³/mol. The van der Waals surface area contributed by atoms with Crippen molar-refractivity contribution in [2.45, 2.75) is 45.6 Å². The highest BCUT2D eigenvalue weighted by molar-refractivity contribution is 5.38. The van der Waals surface area contributed by atoms with Crippen LogP contribution in [0.2, 0.25) is 0 Å². The largest absolute Gasteiger partial charge is 0.307 e. The molecule has 1 aliphatic rings. The Labute approximate surface area is 105 Å². The average Bonchev–Trinajstić information content (AvgIpc) is 2.76. The van der Waals surface area contributed by atoms with Crippen LogP contribution < -0.4 is 5.32 Å². The van der Waals surface area contributed by atoms with Crippen molar-refractivity contribution in [1.29, 1.82) is 0 Å². The van der Waals surface area contributed by atoms with E-state index in [1.54, 1.807) is 11.1 Å². The fourth-order valence-electron chi connectivity index (χ4n) is 2.64. The first kappa shape index (κ1) is 12.4. The van der Waals surface area contributed by atoms with E-state index in [0.717, 1.165) is 13.0 Å². The third kappa shape index (κ3) is 2.78. The highest BCUT2D eigenvalue weighted by Gasteiger charge is 2.15. The van der Waals surface area contributed by atoms with Crippen LogP contribution in [0.25, 0.3) is 0 Å². The van der Waals surface area contributed by atoms with Gasteiger partial charge in [-0.15, -0.1) is 0 Å². The van der Waals surface area contributed by atoms with Gasteiger partial charge in [0.05, 0.1) is 6.04 Å². The van der Waals surface area contributed by atoms with Crippen molar-refractivity contribution < 1.29 is 0 Å². The van der Waals surface area contributed by atoms with Crippen molar-refractivity contribution in [3.8, 4) is 0 Å². The number of benzene rings is 1. The van der Waals surface area contributed by atoms with Gasteiger partial charge in [-0.1, -0.05) is 37.3 Å². The molecule has 0 amide bonds. The molecule has 0 aromatic heterocycles. The second-order valence-corrected chi connectivity index (χ2v) is 5.12. The van der Waals surface area contributed by atoms with Crippen LogP contribution in [0, 0.1) is 0 Å². The molecule has 0 saturated heterocycles. The van der Waals surface area contributed by atoms with Crippen LogP contribution in [-0.4, -0.2) is 6.54 Å². The van der Waals surface area contributed by atoms with Gasteiger partial charge in [0.1, 0.15) is 0 Å². The molecule has 1 aromatic carbocycles. The van der Waals surface area contributed by atoms with Crippen molar-refractivity contribution in [2.24, 2.45) is 0 Å². The van der Waals surface area contributed by atoms with Gasteiger partial charge in [0, 0.05) is 0 Å². The van der Waals surface area contributed by atoms with E-state index in [9.17, 15) is 0 Å². The second-order valence-electron chi connectivity index (χ2n) is 5.12. The van der Waals surface area contributed by atoms with E-state index in [-0.39, 0.29) is 0 Å². The lowest BCUT2D eigenvalue weighted by atomic mass is 9.97. The van der Waals surface area contributed by atoms with Crippen LogP contribution >= 0.6 is 0 Å². The van der Waals surface area contributed by atoms with Crippen molar-refractivity contribution in [3.63, 3.8) is 0 Å². The molecule has 0 saturated carbocycles. The van der Waals surface area contributed by atoms with E-state index in [0.29, 0.717) is 6.04 Å². The maximum Gasteiger partial charge on any atom is 0.0530 e. The fraction of sp³-hybridized carbons (Fsp3) is 0.500. The summed E-state index contributed by atoms with van der Waals surface area (Å²) in [7, 11) is 0. The van der Waals surface area contributed by atoms with Crippen molar-refractivity contribution in [3.05, 3.63) is 47.0 Å². The summed E-state index contributed by atoms with van der Waals surface area (Å²) >= 11 is 0. The molecule has 0 spiro atoms. The zero-order valence-electron chi connectivity index (χ0n) is 11.1. The Hall–Kier alpha value is -1.08. The summed E-state index contributed by atoms with van der Waals surface area (Å²) in [5.74, 6) is 0. The lowest BCUT2D eigenvalue weighted by molar-refractivity contribution is 0.590. The molecule has 1 unspecified atom stereocenters. The lowest BCUT2D eigenvalue weighted by Crippen LogP contribution is -2.22. The standard InChI is InChI=1S/C16H23N/c1-4-10-17-16(12(2)3)15-9-8-13-6-5-7-14(13)11-15/h8-9,11,16-17H,2,4-7,10H2,1,3H3. The molecule has 1 heteroatoms. The Kier molecular flexibility index (Phi) is 4.01. The number of hydrogen-bond acceptors (Lipinski definition) is 1. The molecule has 0 bridgehead atoms. The molecular weight excluding hydrogens is 206 g/mol. The van der Waals surface area contributed by atoms with Gasteiger partial charge < -0.3 is 5.32 Å². The maximum absolute atomic E-state index is 4.12. The first-order valence-corrected chi connectivity index (χ1v) is 6.73. The van der Waals surface area contributed by atoms with Gasteiger partial charge in [-0.05, 0) is 55.8 Å². The first-order valence-electron chi connectivity index (χ1n) is 6.73. The van der Waals surface area contributed by atoms with Crippen LogP contribution in [-0.2, 0) is 12.8 Å². The molecule has 0 heterocycles. The molecular formula is C16H23N. The first-order chi connectivity index (χ1) is 8.22. The van der Waals surface area contributed by atoms with Gasteiger partial charge >= 0.3 is 0 Å². The molecule has 1 aromatic rings. The number of nitrogens with one attached hydrogen (secondary N) is 1. The minimum atomic E-state index is 0.320. The van der Waals surface area contributed by atoms with Gasteiger partial charge in [0.15, 0.2) is 0 Å². The second kappa shape index (κ2) is 5.50. The number of hydrogen-bond donors (Lipinski definition) is 1. The smallest absolute Gasteiger partial charge is 0.0530 e. The zero-order valence-corrected chi connectivity index (χ0v) is 11.1. The summed E-state index contributed by atoms with van der Waals surface area (Å²) in [5, 5.41) is 3.58. The summed E-state index contributed by atoms with van der Waals surface area (Å²) in [6.45, 7) is 9.48. The Morgan fingerprint density at radius 3 is 2.82 bits per heavy atom. The summed E-state index contributed by atoms with van der Waals surface area (Å²) < 4.78 is 0. The van der Waals surface area contributed by atoms with E-state index in [1.807, 2.05) is 0 Å². The number of aryl methyl sites for hydroxylation is 2. The molecule has 92 valence electrons. The maximum atomic E-state index is 4.12. The van der Waals surface area contributed by atoms with Gasteiger partial charge in [-0.2, -0.15) is 0 Å². The molecule has 0 radical (unpaired) electrons. The normalized spacial score (nSPS) is 15.6. The van der Waals surface area contributed by atoms with Crippen LogP contribution in [0.1, 0.15) is 49.4 Å². The number of fused-ring (bicyclic) bond motifs is 1. The van der Waals surface area contributed by atoms with Crippen LogP contribution in [0.4, 0.5) is 0 Å². The van der Waals surface area contributed by atoms with Gasteiger partial charge in [0.25, 0.3) is 0 Å². The average molecular weight is 229 g/mol. The van der Waals surface area contributed by atoms with E-state index in [2.05, 4.69) is 43.9 Å². The Morgan fingerprint density at radius 1 is 1.35 bits per heavy atom. The topological polar surface area (TPSA) is 12.0 Å². The van der Waals surface area contributed by atoms with Crippen molar-refractivity contribution in [2.75, 3.05) is 6.54 Å². The monoisotopic (exact) mass is 229 g/mol. The Bertz CT molecular complexity index is 406. The molecule has 1 atom stereocenters. The lowest BCUT2D eigenvalue weighted by Gasteiger charge is -2.20. The number of rotatable bonds is 5. The highest BCUT2D eigenvalue weighted by atomic mass is 14.9. The van der Waals surface area contributed by atoms with Gasteiger partial charge in [-0.25, -0.2) is 0 Å². The molecule has 1 aliphatic carbocycles. The van der Waals surface area contributed by atoms with Crippen molar-refractivity contribution >= 4 is 0 Å². The SMILES string of the molecule is C=C(C)C(NCCC)c1ccc2c(c1)CCC2. The fourth-order valence-corrected chi connectivity index (χ4v) is 2.64. The van der Waals surface area contributed by atoms with E-state index < -0.39 is 0 Å². The molecule has 17 heavy (non-hydrogen) atoms. The summed E-state index contributed by atoms with van der Waals surface area (Å²) in [4.78, 5) is 0. The third-order valence-electron chi connectivity index (χ3n) is 3.55. The molecule has 1 nitrogen and oxygen atoms in total. The van der Waals surface area contributed by atoms with E-state index in [4.69, 9.17) is 0 Å². The highest BCUT2D eigenvalue weighted by Crippen LogP contribution is 2.27. The molecule has 0 aliphatic heterocycles. The quantitative estimate of drug-likeness (QED) is 0.757. The van der Waals surface area contributed by atoms with E-state index in [1.165, 1.54) is 30.4 Å². The van der Waals surface area contributed by atoms with E-state index >= 15 is 0 Å². The molecule has 1 N–H and O–H groups in total. The Morgan fingerprint density at radius 2 is 2.12 bits per heavy atom. The minimum Gasteiger partial charge on any atom is -0.307 e. The van der Waals surface area contributed by atoms with Gasteiger partial charge in [-0.3, -0.25) is 0 Å². The van der Waals surface area contributed by atoms with Crippen molar-refractivity contribution in [1.82, 2.24) is 5.32 Å². The van der Waals surface area contributed by atoms with Crippen LogP contribution in [0.5, 0.6) is 0 Å².